The third-order valence-corrected chi connectivity index (χ3v) is 3.49. The van der Waals surface area contributed by atoms with E-state index in [1.165, 1.54) is 0 Å². The topological polar surface area (TPSA) is 50.8 Å². The predicted molar refractivity (Wildman–Crippen MR) is 88.8 cm³/mol. The van der Waals surface area contributed by atoms with Gasteiger partial charge in [-0.25, -0.2) is 0 Å². The maximum Gasteiger partial charge on any atom is 0.269 e. The first-order valence-electron chi connectivity index (χ1n) is 7.55. The van der Waals surface area contributed by atoms with Crippen molar-refractivity contribution in [3.63, 3.8) is 0 Å². The van der Waals surface area contributed by atoms with Crippen LogP contribution < -0.4 is 14.8 Å². The summed E-state index contributed by atoms with van der Waals surface area (Å²) in [6.07, 6.45) is -0.651. The molecule has 23 heavy (non-hydrogen) atoms. The molecule has 0 aromatic heterocycles. The molecule has 1 aliphatic rings. The highest BCUT2D eigenvalue weighted by atomic mass is 16.6. The molecule has 2 aromatic rings. The Kier molecular flexibility index (Phi) is 4.48. The van der Waals surface area contributed by atoms with E-state index in [1.54, 1.807) is 6.07 Å². The van der Waals surface area contributed by atoms with Crippen LogP contribution in [0.15, 0.2) is 48.5 Å². The third kappa shape index (κ3) is 3.81. The standard InChI is InChI=1S/C18H20N2O3/c1-20(2)11-13-6-5-7-14(10-13)19-18(21)17-12-22-15-8-3-4-9-16(15)23-17/h3-10,17H,11-12H2,1-2H3,(H,19,21). The minimum absolute atomic E-state index is 0.207. The largest absolute Gasteiger partial charge is 0.485 e. The number of benzene rings is 2. The fraction of sp³-hybridized carbons (Fsp3) is 0.278. The number of fused-ring (bicyclic) bond motifs is 1. The number of carbonyl (C=O) groups excluding carboxylic acids is 1. The van der Waals surface area contributed by atoms with E-state index in [2.05, 4.69) is 10.2 Å². The summed E-state index contributed by atoms with van der Waals surface area (Å²) < 4.78 is 11.3. The number of ether oxygens (including phenoxy) is 2. The molecule has 1 atom stereocenters. The molecule has 0 aliphatic carbocycles. The van der Waals surface area contributed by atoms with Crippen molar-refractivity contribution in [3.8, 4) is 11.5 Å². The number of hydrogen-bond acceptors (Lipinski definition) is 4. The van der Waals surface area contributed by atoms with Crippen LogP contribution >= 0.6 is 0 Å². The van der Waals surface area contributed by atoms with Gasteiger partial charge in [0.25, 0.3) is 5.91 Å². The van der Waals surface area contributed by atoms with Crippen molar-refractivity contribution in [2.24, 2.45) is 0 Å². The fourth-order valence-corrected chi connectivity index (χ4v) is 2.48. The van der Waals surface area contributed by atoms with E-state index in [0.717, 1.165) is 17.8 Å². The highest BCUT2D eigenvalue weighted by molar-refractivity contribution is 5.94. The van der Waals surface area contributed by atoms with Crippen LogP contribution in [0, 0.1) is 0 Å². The van der Waals surface area contributed by atoms with Gasteiger partial charge in [0, 0.05) is 12.2 Å². The number of rotatable bonds is 4. The molecule has 5 nitrogen and oxygen atoms in total. The Morgan fingerprint density at radius 1 is 1.17 bits per heavy atom. The predicted octanol–water partition coefficient (Wildman–Crippen LogP) is 2.53. The molecule has 3 rings (SSSR count). The van der Waals surface area contributed by atoms with E-state index < -0.39 is 6.10 Å². The molecule has 0 saturated heterocycles. The lowest BCUT2D eigenvalue weighted by molar-refractivity contribution is -0.125. The summed E-state index contributed by atoms with van der Waals surface area (Å²) in [5.74, 6) is 1.06. The van der Waals surface area contributed by atoms with Crippen molar-refractivity contribution in [2.45, 2.75) is 12.6 Å². The van der Waals surface area contributed by atoms with E-state index in [-0.39, 0.29) is 12.5 Å². The minimum atomic E-state index is -0.651. The normalized spacial score (nSPS) is 16.2. The zero-order chi connectivity index (χ0) is 16.2. The van der Waals surface area contributed by atoms with Crippen LogP contribution in [0.3, 0.4) is 0 Å². The van der Waals surface area contributed by atoms with Gasteiger partial charge in [0.15, 0.2) is 11.5 Å². The minimum Gasteiger partial charge on any atom is -0.485 e. The average Bonchev–Trinajstić information content (AvgIpc) is 2.54. The summed E-state index contributed by atoms with van der Waals surface area (Å²) >= 11 is 0. The molecular formula is C18H20N2O3. The molecule has 1 unspecified atom stereocenters. The molecule has 1 heterocycles. The number of anilines is 1. The highest BCUT2D eigenvalue weighted by Crippen LogP contribution is 2.31. The number of hydrogen-bond donors (Lipinski definition) is 1. The lowest BCUT2D eigenvalue weighted by Gasteiger charge is -2.25. The molecule has 2 aromatic carbocycles. The zero-order valence-electron chi connectivity index (χ0n) is 13.3. The molecule has 0 bridgehead atoms. The number of amides is 1. The van der Waals surface area contributed by atoms with Crippen LogP contribution in [0.4, 0.5) is 5.69 Å². The van der Waals surface area contributed by atoms with Gasteiger partial charge >= 0.3 is 0 Å². The second-order valence-corrected chi connectivity index (χ2v) is 5.79. The second-order valence-electron chi connectivity index (χ2n) is 5.79. The first-order chi connectivity index (χ1) is 11.1. The van der Waals surface area contributed by atoms with Crippen molar-refractivity contribution in [1.82, 2.24) is 4.90 Å². The quantitative estimate of drug-likeness (QED) is 0.942. The number of carbonyl (C=O) groups is 1. The first-order valence-corrected chi connectivity index (χ1v) is 7.55. The van der Waals surface area contributed by atoms with Crippen molar-refractivity contribution < 1.29 is 14.3 Å². The van der Waals surface area contributed by atoms with Gasteiger partial charge in [0.2, 0.25) is 6.10 Å². The lowest BCUT2D eigenvalue weighted by Crippen LogP contribution is -2.40. The van der Waals surface area contributed by atoms with Crippen LogP contribution in [0.2, 0.25) is 0 Å². The third-order valence-electron chi connectivity index (χ3n) is 3.49. The Hall–Kier alpha value is -2.53. The van der Waals surface area contributed by atoms with E-state index in [0.29, 0.717) is 11.5 Å². The smallest absolute Gasteiger partial charge is 0.269 e. The maximum absolute atomic E-state index is 12.4. The average molecular weight is 312 g/mol. The Balaban J connectivity index is 1.66. The molecule has 0 radical (unpaired) electrons. The van der Waals surface area contributed by atoms with Gasteiger partial charge in [-0.1, -0.05) is 24.3 Å². The van der Waals surface area contributed by atoms with Gasteiger partial charge in [-0.2, -0.15) is 0 Å². The summed E-state index contributed by atoms with van der Waals surface area (Å²) in [4.78, 5) is 14.5. The molecule has 1 aliphatic heterocycles. The number of nitrogens with one attached hydrogen (secondary N) is 1. The molecule has 0 fully saturated rings. The number of para-hydroxylation sites is 2. The Labute approximate surface area is 135 Å². The summed E-state index contributed by atoms with van der Waals surface area (Å²) in [5, 5.41) is 2.89. The van der Waals surface area contributed by atoms with Crippen LogP contribution in [0.5, 0.6) is 11.5 Å². The highest BCUT2D eigenvalue weighted by Gasteiger charge is 2.27. The molecule has 1 amide bonds. The summed E-state index contributed by atoms with van der Waals surface area (Å²) in [5.41, 5.74) is 1.90. The lowest BCUT2D eigenvalue weighted by atomic mass is 10.2. The van der Waals surface area contributed by atoms with Crippen molar-refractivity contribution in [3.05, 3.63) is 54.1 Å². The van der Waals surface area contributed by atoms with Gasteiger partial charge in [-0.15, -0.1) is 0 Å². The van der Waals surface area contributed by atoms with Crippen molar-refractivity contribution in [1.29, 1.82) is 0 Å². The molecule has 0 spiro atoms. The van der Waals surface area contributed by atoms with Gasteiger partial charge in [0.05, 0.1) is 0 Å². The van der Waals surface area contributed by atoms with E-state index >= 15 is 0 Å². The molecule has 0 saturated carbocycles. The van der Waals surface area contributed by atoms with Crippen LogP contribution in [-0.4, -0.2) is 37.6 Å². The van der Waals surface area contributed by atoms with Gasteiger partial charge < -0.3 is 19.7 Å². The van der Waals surface area contributed by atoms with Crippen molar-refractivity contribution >= 4 is 11.6 Å². The Morgan fingerprint density at radius 2 is 1.96 bits per heavy atom. The summed E-state index contributed by atoms with van der Waals surface area (Å²) in [6, 6.07) is 15.2. The van der Waals surface area contributed by atoms with Gasteiger partial charge in [0.1, 0.15) is 6.61 Å². The Bertz CT molecular complexity index is 700. The Morgan fingerprint density at radius 3 is 2.74 bits per heavy atom. The maximum atomic E-state index is 12.4. The van der Waals surface area contributed by atoms with Crippen LogP contribution in [0.1, 0.15) is 5.56 Å². The van der Waals surface area contributed by atoms with Gasteiger partial charge in [-0.05, 0) is 43.9 Å². The monoisotopic (exact) mass is 312 g/mol. The summed E-state index contributed by atoms with van der Waals surface area (Å²) in [6.45, 7) is 1.03. The molecule has 5 heteroatoms. The summed E-state index contributed by atoms with van der Waals surface area (Å²) in [7, 11) is 4.02. The van der Waals surface area contributed by atoms with Crippen LogP contribution in [-0.2, 0) is 11.3 Å². The molecule has 120 valence electrons. The van der Waals surface area contributed by atoms with E-state index in [1.807, 2.05) is 56.6 Å². The van der Waals surface area contributed by atoms with Crippen LogP contribution in [0.25, 0.3) is 0 Å². The van der Waals surface area contributed by atoms with Gasteiger partial charge in [-0.3, -0.25) is 4.79 Å². The SMILES string of the molecule is CN(C)Cc1cccc(NC(=O)C2COc3ccccc3O2)c1. The van der Waals surface area contributed by atoms with E-state index in [9.17, 15) is 4.79 Å². The zero-order valence-corrected chi connectivity index (χ0v) is 13.3. The molecule has 1 N–H and O–H groups in total. The second kappa shape index (κ2) is 6.71. The first kappa shape index (κ1) is 15.4. The number of nitrogens with zero attached hydrogens (tertiary/aromatic N) is 1. The fourth-order valence-electron chi connectivity index (χ4n) is 2.48. The van der Waals surface area contributed by atoms with Crippen molar-refractivity contribution in [2.75, 3.05) is 26.0 Å². The molecular weight excluding hydrogens is 292 g/mol. The van der Waals surface area contributed by atoms with E-state index in [4.69, 9.17) is 9.47 Å².